The Bertz CT molecular complexity index is 756. The van der Waals surface area contributed by atoms with Gasteiger partial charge in [-0.25, -0.2) is 4.79 Å². The molecule has 1 aliphatic rings. The Balaban J connectivity index is 2.11. The summed E-state index contributed by atoms with van der Waals surface area (Å²) in [5.74, 6) is -0.224. The van der Waals surface area contributed by atoms with Crippen LogP contribution in [0.25, 0.3) is 10.9 Å². The van der Waals surface area contributed by atoms with Gasteiger partial charge in [-0.05, 0) is 66.8 Å². The number of hydrogen-bond donors (Lipinski definition) is 1. The Kier molecular flexibility index (Phi) is 3.47. The zero-order valence-corrected chi connectivity index (χ0v) is 13.7. The summed E-state index contributed by atoms with van der Waals surface area (Å²) in [6.07, 6.45) is 3.24. The van der Waals surface area contributed by atoms with Crippen LogP contribution >= 0.6 is 0 Å². The molecule has 0 spiro atoms. The second kappa shape index (κ2) is 5.08. The number of carboxylic acids is 1. The van der Waals surface area contributed by atoms with Gasteiger partial charge in [-0.15, -0.1) is 0 Å². The maximum Gasteiger partial charge on any atom is 0.335 e. The van der Waals surface area contributed by atoms with E-state index in [1.54, 1.807) is 12.1 Å². The summed E-state index contributed by atoms with van der Waals surface area (Å²) in [4.78, 5) is 16.1. The van der Waals surface area contributed by atoms with Crippen LogP contribution in [0.1, 0.15) is 54.4 Å². The van der Waals surface area contributed by atoms with E-state index >= 15 is 0 Å². The molecule has 3 nitrogen and oxygen atoms in total. The molecule has 0 saturated heterocycles. The number of rotatable bonds is 1. The van der Waals surface area contributed by atoms with E-state index in [0.717, 1.165) is 29.3 Å². The minimum absolute atomic E-state index is 0.297. The molecule has 22 heavy (non-hydrogen) atoms. The number of hydrogen-bond acceptors (Lipinski definition) is 2. The first-order chi connectivity index (χ1) is 10.3. The normalized spacial score (nSPS) is 18.3. The fourth-order valence-corrected chi connectivity index (χ4v) is 3.48. The lowest BCUT2D eigenvalue weighted by atomic mass is 9.71. The average Bonchev–Trinajstić information content (AvgIpc) is 2.43. The standard InChI is InChI=1S/C19H23NO2/c1-11-7-14(18(21)22)9-13-8-12-10-15(19(2,3)4)5-6-16(12)20-17(11)13/h7-9,15H,5-6,10H2,1-4H3,(H,21,22). The summed E-state index contributed by atoms with van der Waals surface area (Å²) in [6.45, 7) is 8.83. The minimum Gasteiger partial charge on any atom is -0.478 e. The Morgan fingerprint density at radius 2 is 2.00 bits per heavy atom. The lowest BCUT2D eigenvalue weighted by Gasteiger charge is -2.34. The molecule has 0 fully saturated rings. The molecule has 1 aromatic carbocycles. The lowest BCUT2D eigenvalue weighted by Crippen LogP contribution is -2.27. The third-order valence-corrected chi connectivity index (χ3v) is 4.94. The van der Waals surface area contributed by atoms with Crippen LogP contribution in [0, 0.1) is 18.3 Å². The van der Waals surface area contributed by atoms with Gasteiger partial charge >= 0.3 is 5.97 Å². The topological polar surface area (TPSA) is 50.2 Å². The molecular formula is C19H23NO2. The van der Waals surface area contributed by atoms with Crippen LogP contribution in [0.4, 0.5) is 0 Å². The van der Waals surface area contributed by atoms with Gasteiger partial charge in [0.2, 0.25) is 0 Å². The first-order valence-electron chi connectivity index (χ1n) is 7.92. The predicted molar refractivity (Wildman–Crippen MR) is 88.4 cm³/mol. The molecule has 1 atom stereocenters. The monoisotopic (exact) mass is 297 g/mol. The number of aromatic carboxylic acids is 1. The van der Waals surface area contributed by atoms with E-state index in [9.17, 15) is 9.90 Å². The van der Waals surface area contributed by atoms with E-state index in [1.807, 2.05) is 6.92 Å². The molecule has 1 heterocycles. The van der Waals surface area contributed by atoms with Crippen molar-refractivity contribution in [2.45, 2.75) is 47.0 Å². The van der Waals surface area contributed by atoms with Gasteiger partial charge in [0.1, 0.15) is 0 Å². The van der Waals surface area contributed by atoms with Crippen LogP contribution in [-0.4, -0.2) is 16.1 Å². The van der Waals surface area contributed by atoms with Gasteiger partial charge < -0.3 is 5.11 Å². The van der Waals surface area contributed by atoms with Gasteiger partial charge in [0.05, 0.1) is 11.1 Å². The molecule has 0 saturated carbocycles. The third kappa shape index (κ3) is 2.60. The second-order valence-corrected chi connectivity index (χ2v) is 7.57. The van der Waals surface area contributed by atoms with Crippen molar-refractivity contribution in [1.82, 2.24) is 4.98 Å². The highest BCUT2D eigenvalue weighted by Crippen LogP contribution is 2.37. The van der Waals surface area contributed by atoms with E-state index in [0.29, 0.717) is 16.9 Å². The first-order valence-corrected chi connectivity index (χ1v) is 7.92. The minimum atomic E-state index is -0.879. The fraction of sp³-hybridized carbons (Fsp3) is 0.474. The van der Waals surface area contributed by atoms with Gasteiger partial charge in [-0.1, -0.05) is 20.8 Å². The number of fused-ring (bicyclic) bond motifs is 2. The van der Waals surface area contributed by atoms with Crippen LogP contribution in [-0.2, 0) is 12.8 Å². The number of carboxylic acid groups (broad SMARTS) is 1. The highest BCUT2D eigenvalue weighted by Gasteiger charge is 2.29. The predicted octanol–water partition coefficient (Wildman–Crippen LogP) is 4.39. The van der Waals surface area contributed by atoms with Gasteiger partial charge in [0, 0.05) is 11.1 Å². The van der Waals surface area contributed by atoms with E-state index in [2.05, 4.69) is 26.8 Å². The van der Waals surface area contributed by atoms with Gasteiger partial charge in [-0.2, -0.15) is 0 Å². The molecule has 3 rings (SSSR count). The summed E-state index contributed by atoms with van der Waals surface area (Å²) in [6, 6.07) is 5.62. The van der Waals surface area contributed by atoms with Gasteiger partial charge in [-0.3, -0.25) is 4.98 Å². The molecule has 1 aliphatic carbocycles. The highest BCUT2D eigenvalue weighted by molar-refractivity contribution is 5.94. The van der Waals surface area contributed by atoms with Crippen LogP contribution in [0.2, 0.25) is 0 Å². The summed E-state index contributed by atoms with van der Waals surface area (Å²) in [5, 5.41) is 10.2. The molecule has 0 aliphatic heterocycles. The molecule has 3 heteroatoms. The maximum atomic E-state index is 11.2. The van der Waals surface area contributed by atoms with Crippen molar-refractivity contribution >= 4 is 16.9 Å². The van der Waals surface area contributed by atoms with Crippen molar-refractivity contribution in [2.24, 2.45) is 11.3 Å². The zero-order valence-electron chi connectivity index (χ0n) is 13.7. The van der Waals surface area contributed by atoms with Crippen LogP contribution < -0.4 is 0 Å². The molecule has 0 radical (unpaired) electrons. The number of nitrogens with zero attached hydrogens (tertiary/aromatic N) is 1. The molecular weight excluding hydrogens is 274 g/mol. The van der Waals surface area contributed by atoms with E-state index < -0.39 is 5.97 Å². The smallest absolute Gasteiger partial charge is 0.335 e. The summed E-state index contributed by atoms with van der Waals surface area (Å²) >= 11 is 0. The molecule has 1 unspecified atom stereocenters. The second-order valence-electron chi connectivity index (χ2n) is 7.57. The van der Waals surface area contributed by atoms with Gasteiger partial charge in [0.15, 0.2) is 0 Å². The Morgan fingerprint density at radius 1 is 1.27 bits per heavy atom. The number of pyridine rings is 1. The van der Waals surface area contributed by atoms with Crippen LogP contribution in [0.5, 0.6) is 0 Å². The molecule has 0 amide bonds. The van der Waals surface area contributed by atoms with Crippen molar-refractivity contribution in [3.05, 3.63) is 40.6 Å². The van der Waals surface area contributed by atoms with E-state index in [1.165, 1.54) is 17.7 Å². The average molecular weight is 297 g/mol. The SMILES string of the molecule is Cc1cc(C(=O)O)cc2cc3c(nc12)CCC(C(C)(C)C)C3. The number of aromatic nitrogens is 1. The summed E-state index contributed by atoms with van der Waals surface area (Å²) in [5.41, 5.74) is 5.01. The fourth-order valence-electron chi connectivity index (χ4n) is 3.48. The lowest BCUT2D eigenvalue weighted by molar-refractivity contribution is 0.0697. The Morgan fingerprint density at radius 3 is 2.64 bits per heavy atom. The molecule has 2 aromatic rings. The first kappa shape index (κ1) is 15.0. The van der Waals surface area contributed by atoms with Crippen LogP contribution in [0.3, 0.4) is 0 Å². The van der Waals surface area contributed by atoms with Crippen molar-refractivity contribution < 1.29 is 9.90 Å². The van der Waals surface area contributed by atoms with Crippen molar-refractivity contribution in [1.29, 1.82) is 0 Å². The zero-order chi connectivity index (χ0) is 16.1. The largest absolute Gasteiger partial charge is 0.478 e. The Labute approximate surface area is 131 Å². The van der Waals surface area contributed by atoms with Crippen LogP contribution in [0.15, 0.2) is 18.2 Å². The quantitative estimate of drug-likeness (QED) is 0.849. The maximum absolute atomic E-state index is 11.2. The molecule has 1 aromatic heterocycles. The summed E-state index contributed by atoms with van der Waals surface area (Å²) in [7, 11) is 0. The number of benzene rings is 1. The van der Waals surface area contributed by atoms with E-state index in [4.69, 9.17) is 4.98 Å². The van der Waals surface area contributed by atoms with E-state index in [-0.39, 0.29) is 0 Å². The van der Waals surface area contributed by atoms with Crippen molar-refractivity contribution in [2.75, 3.05) is 0 Å². The number of carbonyl (C=O) groups is 1. The van der Waals surface area contributed by atoms with Crippen molar-refractivity contribution in [3.63, 3.8) is 0 Å². The third-order valence-electron chi connectivity index (χ3n) is 4.94. The number of aryl methyl sites for hydroxylation is 2. The highest BCUT2D eigenvalue weighted by atomic mass is 16.4. The summed E-state index contributed by atoms with van der Waals surface area (Å²) < 4.78 is 0. The van der Waals surface area contributed by atoms with Crippen molar-refractivity contribution in [3.8, 4) is 0 Å². The Hall–Kier alpha value is -1.90. The molecule has 116 valence electrons. The van der Waals surface area contributed by atoms with Gasteiger partial charge in [0.25, 0.3) is 0 Å². The molecule has 1 N–H and O–H groups in total. The molecule has 0 bridgehead atoms.